The van der Waals surface area contributed by atoms with Crippen LogP contribution in [0.15, 0.2) is 18.2 Å². The summed E-state index contributed by atoms with van der Waals surface area (Å²) in [7, 11) is 0. The second-order valence-electron chi connectivity index (χ2n) is 3.62. The number of aromatic hydroxyl groups is 1. The summed E-state index contributed by atoms with van der Waals surface area (Å²) in [6.45, 7) is 4.78. The van der Waals surface area contributed by atoms with Crippen molar-refractivity contribution in [2.24, 2.45) is 5.92 Å². The van der Waals surface area contributed by atoms with Gasteiger partial charge in [-0.15, -0.1) is 0 Å². The van der Waals surface area contributed by atoms with Crippen LogP contribution >= 0.6 is 0 Å². The topological polar surface area (TPSA) is 53.2 Å². The van der Waals surface area contributed by atoms with Crippen molar-refractivity contribution in [2.75, 3.05) is 6.61 Å². The van der Waals surface area contributed by atoms with Crippen molar-refractivity contribution < 1.29 is 9.84 Å². The molecule has 0 fully saturated rings. The van der Waals surface area contributed by atoms with Gasteiger partial charge in [0, 0.05) is 6.07 Å². The molecule has 3 heteroatoms. The standard InChI is InChI=1S/C12H15NO2/c1-3-9(2)8-15-12-5-4-11(14)6-10(12)7-13/h4-6,9,14H,3,8H2,1-2H3. The van der Waals surface area contributed by atoms with Crippen molar-refractivity contribution in [3.05, 3.63) is 23.8 Å². The van der Waals surface area contributed by atoms with Gasteiger partial charge in [0.15, 0.2) is 0 Å². The van der Waals surface area contributed by atoms with Crippen LogP contribution < -0.4 is 4.74 Å². The molecule has 1 N–H and O–H groups in total. The first-order valence-electron chi connectivity index (χ1n) is 5.03. The highest BCUT2D eigenvalue weighted by molar-refractivity contribution is 5.47. The van der Waals surface area contributed by atoms with E-state index in [0.29, 0.717) is 23.8 Å². The number of rotatable bonds is 4. The summed E-state index contributed by atoms with van der Waals surface area (Å²) in [6.07, 6.45) is 1.04. The molecule has 80 valence electrons. The molecule has 15 heavy (non-hydrogen) atoms. The summed E-state index contributed by atoms with van der Waals surface area (Å²) in [5.41, 5.74) is 0.373. The van der Waals surface area contributed by atoms with E-state index >= 15 is 0 Å². The molecule has 0 saturated carbocycles. The van der Waals surface area contributed by atoms with E-state index in [9.17, 15) is 5.11 Å². The van der Waals surface area contributed by atoms with E-state index < -0.39 is 0 Å². The lowest BCUT2D eigenvalue weighted by Gasteiger charge is -2.11. The maximum atomic E-state index is 9.19. The number of hydrogen-bond donors (Lipinski definition) is 1. The Hall–Kier alpha value is -1.69. The Labute approximate surface area is 89.9 Å². The van der Waals surface area contributed by atoms with Gasteiger partial charge in [-0.25, -0.2) is 0 Å². The number of hydrogen-bond acceptors (Lipinski definition) is 3. The molecule has 0 saturated heterocycles. The van der Waals surface area contributed by atoms with Crippen molar-refractivity contribution in [3.8, 4) is 17.6 Å². The van der Waals surface area contributed by atoms with Gasteiger partial charge in [0.1, 0.15) is 17.6 Å². The first-order valence-corrected chi connectivity index (χ1v) is 5.03. The summed E-state index contributed by atoms with van der Waals surface area (Å²) >= 11 is 0. The fraction of sp³-hybridized carbons (Fsp3) is 0.417. The Morgan fingerprint density at radius 2 is 2.27 bits per heavy atom. The highest BCUT2D eigenvalue weighted by atomic mass is 16.5. The van der Waals surface area contributed by atoms with Crippen LogP contribution in [-0.2, 0) is 0 Å². The molecule has 0 amide bonds. The Bertz CT molecular complexity index is 368. The molecule has 1 rings (SSSR count). The molecule has 1 unspecified atom stereocenters. The SMILES string of the molecule is CCC(C)COc1ccc(O)cc1C#N. The van der Waals surface area contributed by atoms with Crippen molar-refractivity contribution in [2.45, 2.75) is 20.3 Å². The van der Waals surface area contributed by atoms with Crippen LogP contribution in [0.2, 0.25) is 0 Å². The van der Waals surface area contributed by atoms with E-state index in [0.717, 1.165) is 6.42 Å². The van der Waals surface area contributed by atoms with E-state index in [4.69, 9.17) is 10.00 Å². The van der Waals surface area contributed by atoms with Crippen molar-refractivity contribution in [1.29, 1.82) is 5.26 Å². The molecule has 0 aliphatic heterocycles. The van der Waals surface area contributed by atoms with E-state index in [-0.39, 0.29) is 5.75 Å². The van der Waals surface area contributed by atoms with Crippen LogP contribution in [0.3, 0.4) is 0 Å². The predicted molar refractivity (Wildman–Crippen MR) is 57.8 cm³/mol. The molecule has 0 spiro atoms. The van der Waals surface area contributed by atoms with E-state index in [2.05, 4.69) is 13.8 Å². The molecule has 0 bridgehead atoms. The number of phenols is 1. The molecule has 0 aliphatic rings. The van der Waals surface area contributed by atoms with Gasteiger partial charge in [-0.05, 0) is 18.1 Å². The lowest BCUT2D eigenvalue weighted by molar-refractivity contribution is 0.255. The van der Waals surface area contributed by atoms with Crippen LogP contribution in [0.5, 0.6) is 11.5 Å². The molecule has 1 atom stereocenters. The normalized spacial score (nSPS) is 11.8. The van der Waals surface area contributed by atoms with Crippen molar-refractivity contribution in [1.82, 2.24) is 0 Å². The molecule has 3 nitrogen and oxygen atoms in total. The van der Waals surface area contributed by atoms with E-state index in [1.54, 1.807) is 6.07 Å². The summed E-state index contributed by atoms with van der Waals surface area (Å²) in [4.78, 5) is 0. The summed E-state index contributed by atoms with van der Waals surface area (Å²) in [5.74, 6) is 1.09. The number of nitrogens with zero attached hydrogens (tertiary/aromatic N) is 1. The fourth-order valence-electron chi connectivity index (χ4n) is 1.08. The summed E-state index contributed by atoms with van der Waals surface area (Å²) < 4.78 is 5.50. The second kappa shape index (κ2) is 5.26. The van der Waals surface area contributed by atoms with Gasteiger partial charge in [0.25, 0.3) is 0 Å². The third-order valence-electron chi connectivity index (χ3n) is 2.30. The maximum Gasteiger partial charge on any atom is 0.137 e. The van der Waals surface area contributed by atoms with Gasteiger partial charge in [0.05, 0.1) is 12.2 Å². The zero-order chi connectivity index (χ0) is 11.3. The first kappa shape index (κ1) is 11.4. The van der Waals surface area contributed by atoms with Crippen molar-refractivity contribution >= 4 is 0 Å². The van der Waals surface area contributed by atoms with Gasteiger partial charge in [-0.1, -0.05) is 20.3 Å². The van der Waals surface area contributed by atoms with Gasteiger partial charge in [-0.2, -0.15) is 5.26 Å². The molecule has 0 heterocycles. The summed E-state index contributed by atoms with van der Waals surface area (Å²) in [6, 6.07) is 6.54. The smallest absolute Gasteiger partial charge is 0.137 e. The van der Waals surface area contributed by atoms with E-state index in [1.807, 2.05) is 6.07 Å². The van der Waals surface area contributed by atoms with Gasteiger partial charge in [0.2, 0.25) is 0 Å². The first-order chi connectivity index (χ1) is 7.17. The number of benzene rings is 1. The largest absolute Gasteiger partial charge is 0.508 e. The Kier molecular flexibility index (Phi) is 3.99. The zero-order valence-corrected chi connectivity index (χ0v) is 9.03. The molecule has 0 aliphatic carbocycles. The number of nitriles is 1. The average molecular weight is 205 g/mol. The van der Waals surface area contributed by atoms with Gasteiger partial charge < -0.3 is 9.84 Å². The maximum absolute atomic E-state index is 9.19. The number of ether oxygens (including phenoxy) is 1. The van der Waals surface area contributed by atoms with Crippen molar-refractivity contribution in [3.63, 3.8) is 0 Å². The van der Waals surface area contributed by atoms with Crippen LogP contribution in [0.1, 0.15) is 25.8 Å². The minimum absolute atomic E-state index is 0.0856. The monoisotopic (exact) mass is 205 g/mol. The van der Waals surface area contributed by atoms with E-state index in [1.165, 1.54) is 12.1 Å². The summed E-state index contributed by atoms with van der Waals surface area (Å²) in [5, 5.41) is 18.0. The van der Waals surface area contributed by atoms with Crippen LogP contribution in [0.25, 0.3) is 0 Å². The molecular formula is C12H15NO2. The molecule has 0 aromatic heterocycles. The lowest BCUT2D eigenvalue weighted by Crippen LogP contribution is -2.07. The highest BCUT2D eigenvalue weighted by Crippen LogP contribution is 2.23. The molecule has 0 radical (unpaired) electrons. The molecule has 1 aromatic carbocycles. The third-order valence-corrected chi connectivity index (χ3v) is 2.30. The Morgan fingerprint density at radius 1 is 1.53 bits per heavy atom. The van der Waals surface area contributed by atoms with Gasteiger partial charge in [-0.3, -0.25) is 0 Å². The van der Waals surface area contributed by atoms with Crippen LogP contribution in [0.4, 0.5) is 0 Å². The Morgan fingerprint density at radius 3 is 2.87 bits per heavy atom. The number of phenolic OH excluding ortho intramolecular Hbond substituents is 1. The minimum atomic E-state index is 0.0856. The molecular weight excluding hydrogens is 190 g/mol. The quantitative estimate of drug-likeness (QED) is 0.822. The fourth-order valence-corrected chi connectivity index (χ4v) is 1.08. The van der Waals surface area contributed by atoms with Gasteiger partial charge >= 0.3 is 0 Å². The minimum Gasteiger partial charge on any atom is -0.508 e. The van der Waals surface area contributed by atoms with Crippen LogP contribution in [0, 0.1) is 17.2 Å². The highest BCUT2D eigenvalue weighted by Gasteiger charge is 2.06. The van der Waals surface area contributed by atoms with Crippen LogP contribution in [-0.4, -0.2) is 11.7 Å². The second-order valence-corrected chi connectivity index (χ2v) is 3.62. The lowest BCUT2D eigenvalue weighted by atomic mass is 10.1. The molecule has 1 aromatic rings. The zero-order valence-electron chi connectivity index (χ0n) is 9.03. The third kappa shape index (κ3) is 3.17. The predicted octanol–water partition coefficient (Wildman–Crippen LogP) is 2.69. The average Bonchev–Trinajstić information content (AvgIpc) is 2.26. The Balaban J connectivity index is 2.73.